The molecule has 0 saturated carbocycles. The van der Waals surface area contributed by atoms with Gasteiger partial charge in [0.05, 0.1) is 18.1 Å². The van der Waals surface area contributed by atoms with Crippen LogP contribution in [0.2, 0.25) is 0 Å². The molecule has 1 heterocycles. The van der Waals surface area contributed by atoms with Crippen molar-refractivity contribution in [2.75, 3.05) is 44.9 Å². The van der Waals surface area contributed by atoms with Crippen LogP contribution in [0.3, 0.4) is 0 Å². The van der Waals surface area contributed by atoms with E-state index in [4.69, 9.17) is 9.47 Å². The van der Waals surface area contributed by atoms with Crippen LogP contribution in [-0.4, -0.2) is 59.3 Å². The molecule has 9 heteroatoms. The first-order valence-electron chi connectivity index (χ1n) is 9.38. The molecule has 0 aliphatic carbocycles. The van der Waals surface area contributed by atoms with Crippen LogP contribution in [0.5, 0.6) is 5.75 Å². The lowest BCUT2D eigenvalue weighted by Gasteiger charge is -2.17. The van der Waals surface area contributed by atoms with E-state index in [9.17, 15) is 8.42 Å². The van der Waals surface area contributed by atoms with Crippen molar-refractivity contribution >= 4 is 39.8 Å². The van der Waals surface area contributed by atoms with Gasteiger partial charge in [-0.15, -0.1) is 24.0 Å². The highest BCUT2D eigenvalue weighted by Gasteiger charge is 2.27. The summed E-state index contributed by atoms with van der Waals surface area (Å²) in [5, 5.41) is 6.49. The molecule has 2 rings (SSSR count). The fourth-order valence-corrected chi connectivity index (χ4v) is 4.83. The highest BCUT2D eigenvalue weighted by molar-refractivity contribution is 14.0. The van der Waals surface area contributed by atoms with Crippen LogP contribution in [0.4, 0.5) is 0 Å². The Morgan fingerprint density at radius 3 is 2.71 bits per heavy atom. The van der Waals surface area contributed by atoms with Crippen molar-refractivity contribution in [3.8, 4) is 5.75 Å². The minimum Gasteiger partial charge on any atom is -0.491 e. The number of ether oxygens (including phenoxy) is 2. The summed E-state index contributed by atoms with van der Waals surface area (Å²) in [7, 11) is -1.15. The van der Waals surface area contributed by atoms with Crippen molar-refractivity contribution in [3.05, 3.63) is 29.3 Å². The zero-order chi connectivity index (χ0) is 19.7. The number of sulfone groups is 1. The van der Waals surface area contributed by atoms with E-state index in [1.54, 1.807) is 7.05 Å². The summed E-state index contributed by atoms with van der Waals surface area (Å²) in [6.07, 6.45) is 0.710. The minimum atomic E-state index is -2.86. The number of aliphatic imine (C=N–C) groups is 1. The van der Waals surface area contributed by atoms with Crippen LogP contribution in [0, 0.1) is 12.8 Å². The van der Waals surface area contributed by atoms with Gasteiger partial charge in [0.1, 0.15) is 12.4 Å². The molecule has 1 aromatic carbocycles. The molecule has 1 saturated heterocycles. The van der Waals surface area contributed by atoms with Crippen LogP contribution in [0.1, 0.15) is 24.5 Å². The standard InChI is InChI=1S/C19H31N3O4S.HI/c1-4-25-8-9-26-18-11-15(2)5-6-17(18)13-22-19(20-3)21-12-16-7-10-27(23,24)14-16;/h5-6,11,16H,4,7-10,12-14H2,1-3H3,(H2,20,21,22);1H. The summed E-state index contributed by atoms with van der Waals surface area (Å²) < 4.78 is 34.3. The second-order valence-corrected chi connectivity index (χ2v) is 8.96. The molecule has 7 nitrogen and oxygen atoms in total. The van der Waals surface area contributed by atoms with Gasteiger partial charge in [-0.2, -0.15) is 0 Å². The van der Waals surface area contributed by atoms with E-state index < -0.39 is 9.84 Å². The molecule has 0 amide bonds. The van der Waals surface area contributed by atoms with Crippen molar-refractivity contribution in [3.63, 3.8) is 0 Å². The molecule has 28 heavy (non-hydrogen) atoms. The normalized spacial score (nSPS) is 18.4. The molecule has 1 fully saturated rings. The third-order valence-electron chi connectivity index (χ3n) is 4.47. The zero-order valence-electron chi connectivity index (χ0n) is 16.9. The lowest BCUT2D eigenvalue weighted by molar-refractivity contribution is 0.110. The van der Waals surface area contributed by atoms with Crippen molar-refractivity contribution in [2.24, 2.45) is 10.9 Å². The Morgan fingerprint density at radius 1 is 1.29 bits per heavy atom. The Labute approximate surface area is 185 Å². The maximum Gasteiger partial charge on any atom is 0.191 e. The number of hydrogen-bond donors (Lipinski definition) is 2. The van der Waals surface area contributed by atoms with Gasteiger partial charge in [0.15, 0.2) is 15.8 Å². The largest absolute Gasteiger partial charge is 0.491 e. The number of aryl methyl sites for hydroxylation is 1. The average Bonchev–Trinajstić information content (AvgIpc) is 2.99. The Balaban J connectivity index is 0.00000392. The van der Waals surface area contributed by atoms with E-state index in [-0.39, 0.29) is 41.4 Å². The third-order valence-corrected chi connectivity index (χ3v) is 6.30. The average molecular weight is 525 g/mol. The maximum atomic E-state index is 11.6. The van der Waals surface area contributed by atoms with Gasteiger partial charge < -0.3 is 20.1 Å². The van der Waals surface area contributed by atoms with Crippen LogP contribution in [-0.2, 0) is 21.1 Å². The molecule has 1 aromatic rings. The molecule has 1 unspecified atom stereocenters. The van der Waals surface area contributed by atoms with Crippen LogP contribution >= 0.6 is 24.0 Å². The molecule has 2 N–H and O–H groups in total. The van der Waals surface area contributed by atoms with Gasteiger partial charge in [-0.25, -0.2) is 8.42 Å². The summed E-state index contributed by atoms with van der Waals surface area (Å²) >= 11 is 0. The van der Waals surface area contributed by atoms with Crippen LogP contribution in [0.15, 0.2) is 23.2 Å². The number of nitrogens with zero attached hydrogens (tertiary/aromatic N) is 1. The van der Waals surface area contributed by atoms with Gasteiger partial charge in [0, 0.05) is 32.3 Å². The topological polar surface area (TPSA) is 89.0 Å². The number of guanidine groups is 1. The van der Waals surface area contributed by atoms with E-state index in [0.29, 0.717) is 45.3 Å². The van der Waals surface area contributed by atoms with Gasteiger partial charge >= 0.3 is 0 Å². The van der Waals surface area contributed by atoms with E-state index in [1.807, 2.05) is 32.0 Å². The van der Waals surface area contributed by atoms with Gasteiger partial charge in [-0.1, -0.05) is 12.1 Å². The number of nitrogens with one attached hydrogen (secondary N) is 2. The van der Waals surface area contributed by atoms with E-state index >= 15 is 0 Å². The number of benzene rings is 1. The first-order chi connectivity index (χ1) is 12.9. The first-order valence-corrected chi connectivity index (χ1v) is 11.2. The van der Waals surface area contributed by atoms with Crippen LogP contribution < -0.4 is 15.4 Å². The molecular formula is C19H32IN3O4S. The highest BCUT2D eigenvalue weighted by Crippen LogP contribution is 2.20. The Kier molecular flexibility index (Phi) is 11.1. The summed E-state index contributed by atoms with van der Waals surface area (Å²) in [6, 6.07) is 6.10. The summed E-state index contributed by atoms with van der Waals surface area (Å²) in [6.45, 7) is 6.90. The molecule has 1 aliphatic heterocycles. The van der Waals surface area contributed by atoms with Gasteiger partial charge in [-0.3, -0.25) is 4.99 Å². The second-order valence-electron chi connectivity index (χ2n) is 6.73. The van der Waals surface area contributed by atoms with Crippen molar-refractivity contribution in [1.82, 2.24) is 10.6 Å². The lowest BCUT2D eigenvalue weighted by Crippen LogP contribution is -2.39. The summed E-state index contributed by atoms with van der Waals surface area (Å²) in [5.74, 6) is 2.18. The fourth-order valence-electron chi connectivity index (χ4n) is 2.97. The van der Waals surface area contributed by atoms with Gasteiger partial charge in [-0.05, 0) is 37.8 Å². The number of halogens is 1. The van der Waals surface area contributed by atoms with Crippen molar-refractivity contribution in [1.29, 1.82) is 0 Å². The van der Waals surface area contributed by atoms with Gasteiger partial charge in [0.2, 0.25) is 0 Å². The van der Waals surface area contributed by atoms with Crippen molar-refractivity contribution < 1.29 is 17.9 Å². The van der Waals surface area contributed by atoms with E-state index in [0.717, 1.165) is 16.9 Å². The second kappa shape index (κ2) is 12.5. The highest BCUT2D eigenvalue weighted by atomic mass is 127. The first kappa shape index (κ1) is 25.0. The van der Waals surface area contributed by atoms with E-state index in [1.165, 1.54) is 0 Å². The molecule has 0 bridgehead atoms. The van der Waals surface area contributed by atoms with Crippen LogP contribution in [0.25, 0.3) is 0 Å². The molecule has 0 aromatic heterocycles. The number of hydrogen-bond acceptors (Lipinski definition) is 5. The Bertz CT molecular complexity index is 741. The number of rotatable bonds is 9. The fraction of sp³-hybridized carbons (Fsp3) is 0.632. The third kappa shape index (κ3) is 8.52. The molecule has 160 valence electrons. The predicted molar refractivity (Wildman–Crippen MR) is 124 cm³/mol. The molecular weight excluding hydrogens is 493 g/mol. The summed E-state index contributed by atoms with van der Waals surface area (Å²) in [5.41, 5.74) is 2.17. The van der Waals surface area contributed by atoms with Crippen molar-refractivity contribution in [2.45, 2.75) is 26.8 Å². The smallest absolute Gasteiger partial charge is 0.191 e. The minimum absolute atomic E-state index is 0. The maximum absolute atomic E-state index is 11.6. The zero-order valence-corrected chi connectivity index (χ0v) is 20.0. The quantitative estimate of drug-likeness (QED) is 0.222. The molecule has 1 aliphatic rings. The molecule has 0 radical (unpaired) electrons. The predicted octanol–water partition coefficient (Wildman–Crippen LogP) is 2.13. The summed E-state index contributed by atoms with van der Waals surface area (Å²) in [4.78, 5) is 4.22. The SMILES string of the molecule is CCOCCOc1cc(C)ccc1CNC(=NC)NCC1CCS(=O)(=O)C1.I. The van der Waals surface area contributed by atoms with Gasteiger partial charge in [0.25, 0.3) is 0 Å². The Hall–Kier alpha value is -1.07. The lowest BCUT2D eigenvalue weighted by atomic mass is 10.1. The molecule has 0 spiro atoms. The van der Waals surface area contributed by atoms with E-state index in [2.05, 4.69) is 15.6 Å². The molecule has 1 atom stereocenters. The monoisotopic (exact) mass is 525 g/mol. The Morgan fingerprint density at radius 2 is 2.07 bits per heavy atom.